The second kappa shape index (κ2) is 7.13. The van der Waals surface area contributed by atoms with Crippen molar-refractivity contribution < 1.29 is 4.74 Å². The van der Waals surface area contributed by atoms with E-state index in [2.05, 4.69) is 48.5 Å². The number of aromatic nitrogens is 2. The lowest BCUT2D eigenvalue weighted by Crippen LogP contribution is -2.02. The van der Waals surface area contributed by atoms with Crippen molar-refractivity contribution in [2.24, 2.45) is 0 Å². The molecule has 3 nitrogen and oxygen atoms in total. The lowest BCUT2D eigenvalue weighted by molar-refractivity contribution is 0.302. The Morgan fingerprint density at radius 2 is 2.05 bits per heavy atom. The molecule has 1 aromatic carbocycles. The van der Waals surface area contributed by atoms with E-state index in [1.807, 2.05) is 18.7 Å². The van der Waals surface area contributed by atoms with Gasteiger partial charge in [-0.3, -0.25) is 0 Å². The minimum absolute atomic E-state index is 0.540. The second-order valence-electron chi connectivity index (χ2n) is 5.59. The first kappa shape index (κ1) is 14.6. The van der Waals surface area contributed by atoms with Gasteiger partial charge >= 0.3 is 0 Å². The summed E-state index contributed by atoms with van der Waals surface area (Å²) in [6, 6.07) is 6.51. The normalized spacial score (nSPS) is 11.0. The van der Waals surface area contributed by atoms with Gasteiger partial charge in [0.15, 0.2) is 0 Å². The second-order valence-corrected chi connectivity index (χ2v) is 5.59. The molecule has 20 heavy (non-hydrogen) atoms. The fourth-order valence-corrected chi connectivity index (χ4v) is 2.20. The summed E-state index contributed by atoms with van der Waals surface area (Å²) in [5, 5.41) is 0. The molecule has 1 heterocycles. The highest BCUT2D eigenvalue weighted by Gasteiger charge is 2.03. The fraction of sp³-hybridized carbons (Fsp3) is 0.471. The van der Waals surface area contributed by atoms with Crippen LogP contribution in [0.4, 0.5) is 0 Å². The van der Waals surface area contributed by atoms with Crippen molar-refractivity contribution in [1.29, 1.82) is 0 Å². The summed E-state index contributed by atoms with van der Waals surface area (Å²) in [7, 11) is 0. The number of nitrogens with zero attached hydrogens (tertiary/aromatic N) is 2. The Morgan fingerprint density at radius 1 is 1.20 bits per heavy atom. The maximum Gasteiger partial charge on any atom is 0.119 e. The van der Waals surface area contributed by atoms with Crippen LogP contribution in [0.2, 0.25) is 0 Å². The molecular weight excluding hydrogens is 248 g/mol. The molecule has 0 saturated heterocycles. The van der Waals surface area contributed by atoms with E-state index >= 15 is 0 Å². The topological polar surface area (TPSA) is 27.1 Å². The van der Waals surface area contributed by atoms with E-state index in [1.165, 1.54) is 11.1 Å². The quantitative estimate of drug-likeness (QED) is 0.707. The van der Waals surface area contributed by atoms with Crippen molar-refractivity contribution in [3.8, 4) is 5.75 Å². The molecule has 0 saturated carbocycles. The van der Waals surface area contributed by atoms with Crippen molar-refractivity contribution in [2.45, 2.75) is 46.1 Å². The Morgan fingerprint density at radius 3 is 2.75 bits per heavy atom. The molecule has 108 valence electrons. The number of aryl methyl sites for hydroxylation is 2. The fourth-order valence-electron chi connectivity index (χ4n) is 2.20. The Balaban J connectivity index is 1.76. The van der Waals surface area contributed by atoms with Crippen LogP contribution in [-0.2, 0) is 6.54 Å². The third-order valence-corrected chi connectivity index (χ3v) is 3.38. The molecule has 0 atom stereocenters. The first-order valence-electron chi connectivity index (χ1n) is 7.35. The summed E-state index contributed by atoms with van der Waals surface area (Å²) < 4.78 is 7.97. The SMILES string of the molecule is Cc1cc(OCCCCn2ccnc2)cc(C(C)C)c1. The summed E-state index contributed by atoms with van der Waals surface area (Å²) >= 11 is 0. The first-order chi connectivity index (χ1) is 9.65. The van der Waals surface area contributed by atoms with Crippen LogP contribution in [0.1, 0.15) is 43.7 Å². The van der Waals surface area contributed by atoms with Gasteiger partial charge in [-0.1, -0.05) is 19.9 Å². The van der Waals surface area contributed by atoms with E-state index in [1.54, 1.807) is 0 Å². The number of benzene rings is 1. The molecule has 0 spiro atoms. The number of ether oxygens (including phenoxy) is 1. The van der Waals surface area contributed by atoms with Gasteiger partial charge in [0.1, 0.15) is 5.75 Å². The molecule has 2 rings (SSSR count). The van der Waals surface area contributed by atoms with Crippen LogP contribution in [-0.4, -0.2) is 16.2 Å². The lowest BCUT2D eigenvalue weighted by Gasteiger charge is -2.12. The highest BCUT2D eigenvalue weighted by molar-refractivity contribution is 5.35. The zero-order valence-corrected chi connectivity index (χ0v) is 12.7. The smallest absolute Gasteiger partial charge is 0.119 e. The summed E-state index contributed by atoms with van der Waals surface area (Å²) in [6.45, 7) is 8.33. The number of unbranched alkanes of at least 4 members (excludes halogenated alkanes) is 1. The zero-order valence-electron chi connectivity index (χ0n) is 12.7. The first-order valence-corrected chi connectivity index (χ1v) is 7.35. The van der Waals surface area contributed by atoms with Crippen LogP contribution >= 0.6 is 0 Å². The van der Waals surface area contributed by atoms with Gasteiger partial charge in [0.2, 0.25) is 0 Å². The maximum atomic E-state index is 5.87. The van der Waals surface area contributed by atoms with Crippen molar-refractivity contribution >= 4 is 0 Å². The average molecular weight is 272 g/mol. The van der Waals surface area contributed by atoms with Crippen LogP contribution < -0.4 is 4.74 Å². The van der Waals surface area contributed by atoms with Gasteiger partial charge in [-0.25, -0.2) is 4.98 Å². The summed E-state index contributed by atoms with van der Waals surface area (Å²) in [4.78, 5) is 4.04. The minimum Gasteiger partial charge on any atom is -0.494 e. The molecule has 0 aliphatic carbocycles. The van der Waals surface area contributed by atoms with Gasteiger partial charge < -0.3 is 9.30 Å². The molecule has 0 amide bonds. The maximum absolute atomic E-state index is 5.87. The molecule has 0 fully saturated rings. The van der Waals surface area contributed by atoms with E-state index in [-0.39, 0.29) is 0 Å². The number of hydrogen-bond donors (Lipinski definition) is 0. The third-order valence-electron chi connectivity index (χ3n) is 3.38. The van der Waals surface area contributed by atoms with Crippen LogP contribution in [0.25, 0.3) is 0 Å². The van der Waals surface area contributed by atoms with Gasteiger partial charge in [0, 0.05) is 18.9 Å². The van der Waals surface area contributed by atoms with Crippen molar-refractivity contribution in [3.05, 3.63) is 48.0 Å². The van der Waals surface area contributed by atoms with Crippen LogP contribution in [0.3, 0.4) is 0 Å². The predicted molar refractivity (Wildman–Crippen MR) is 82.2 cm³/mol. The van der Waals surface area contributed by atoms with E-state index in [4.69, 9.17) is 4.74 Å². The summed E-state index contributed by atoms with van der Waals surface area (Å²) in [5.41, 5.74) is 2.61. The summed E-state index contributed by atoms with van der Waals surface area (Å²) in [6.07, 6.45) is 7.84. The Bertz CT molecular complexity index is 518. The molecule has 0 bridgehead atoms. The molecule has 0 N–H and O–H groups in total. The molecular formula is C17H24N2O. The van der Waals surface area contributed by atoms with E-state index in [0.717, 1.165) is 31.7 Å². The predicted octanol–water partition coefficient (Wildman–Crippen LogP) is 4.17. The minimum atomic E-state index is 0.540. The highest BCUT2D eigenvalue weighted by atomic mass is 16.5. The van der Waals surface area contributed by atoms with E-state index in [9.17, 15) is 0 Å². The third kappa shape index (κ3) is 4.41. The summed E-state index contributed by atoms with van der Waals surface area (Å²) in [5.74, 6) is 1.54. The van der Waals surface area contributed by atoms with Gasteiger partial charge in [-0.15, -0.1) is 0 Å². The van der Waals surface area contributed by atoms with Crippen molar-refractivity contribution in [1.82, 2.24) is 9.55 Å². The number of hydrogen-bond acceptors (Lipinski definition) is 2. The monoisotopic (exact) mass is 272 g/mol. The molecule has 0 aliphatic rings. The highest BCUT2D eigenvalue weighted by Crippen LogP contribution is 2.22. The molecule has 2 aromatic rings. The molecule has 0 unspecified atom stereocenters. The van der Waals surface area contributed by atoms with Gasteiger partial charge in [-0.2, -0.15) is 0 Å². The molecule has 0 aliphatic heterocycles. The van der Waals surface area contributed by atoms with Gasteiger partial charge in [0.25, 0.3) is 0 Å². The van der Waals surface area contributed by atoms with E-state index < -0.39 is 0 Å². The molecule has 0 radical (unpaired) electrons. The molecule has 1 aromatic heterocycles. The number of rotatable bonds is 7. The Kier molecular flexibility index (Phi) is 5.22. The van der Waals surface area contributed by atoms with Crippen molar-refractivity contribution in [2.75, 3.05) is 6.61 Å². The van der Waals surface area contributed by atoms with Crippen LogP contribution in [0, 0.1) is 6.92 Å². The standard InChI is InChI=1S/C17H24N2O/c1-14(2)16-10-15(3)11-17(12-16)20-9-5-4-7-19-8-6-18-13-19/h6,8,10-14H,4-5,7,9H2,1-3H3. The van der Waals surface area contributed by atoms with Crippen molar-refractivity contribution in [3.63, 3.8) is 0 Å². The van der Waals surface area contributed by atoms with Crippen LogP contribution in [0.15, 0.2) is 36.9 Å². The van der Waals surface area contributed by atoms with Gasteiger partial charge in [-0.05, 0) is 48.9 Å². The van der Waals surface area contributed by atoms with Crippen LogP contribution in [0.5, 0.6) is 5.75 Å². The average Bonchev–Trinajstić information content (AvgIpc) is 2.91. The molecule has 3 heteroatoms. The van der Waals surface area contributed by atoms with E-state index in [0.29, 0.717) is 5.92 Å². The Hall–Kier alpha value is -1.77. The van der Waals surface area contributed by atoms with Gasteiger partial charge in [0.05, 0.1) is 12.9 Å². The lowest BCUT2D eigenvalue weighted by atomic mass is 10.0. The number of imidazole rings is 1. The Labute approximate surface area is 121 Å². The zero-order chi connectivity index (χ0) is 14.4. The largest absolute Gasteiger partial charge is 0.494 e.